The van der Waals surface area contributed by atoms with Crippen LogP contribution in [-0.2, 0) is 0 Å². The van der Waals surface area contributed by atoms with E-state index in [2.05, 4.69) is 5.32 Å². The monoisotopic (exact) mass is 220 g/mol. The quantitative estimate of drug-likeness (QED) is 0.665. The van der Waals surface area contributed by atoms with Crippen molar-refractivity contribution in [1.82, 2.24) is 0 Å². The first-order valence-corrected chi connectivity index (χ1v) is 4.90. The molecule has 0 unspecified atom stereocenters. The first kappa shape index (κ1) is 10.5. The number of nitrogens with one attached hydrogen (secondary N) is 1. The number of aliphatic hydroxyl groups excluding tert-OH is 1. The molecule has 2 rings (SSSR count). The van der Waals surface area contributed by atoms with Gasteiger partial charge in [0.15, 0.2) is 0 Å². The van der Waals surface area contributed by atoms with E-state index in [1.807, 2.05) is 6.07 Å². The number of hydrogen-bond acceptors (Lipinski definition) is 5. The predicted molar refractivity (Wildman–Crippen MR) is 62.5 cm³/mol. The van der Waals surface area contributed by atoms with Crippen LogP contribution < -0.4 is 16.7 Å². The summed E-state index contributed by atoms with van der Waals surface area (Å²) in [6, 6.07) is 7.10. The van der Waals surface area contributed by atoms with E-state index in [4.69, 9.17) is 15.3 Å². The van der Waals surface area contributed by atoms with Crippen molar-refractivity contribution in [3.05, 3.63) is 34.7 Å². The summed E-state index contributed by atoms with van der Waals surface area (Å²) in [5.41, 5.74) is 6.09. The molecule has 0 aliphatic rings. The van der Waals surface area contributed by atoms with Gasteiger partial charge in [-0.15, -0.1) is 0 Å². The molecule has 0 aliphatic heterocycles. The summed E-state index contributed by atoms with van der Waals surface area (Å²) in [7, 11) is 0. The van der Waals surface area contributed by atoms with Crippen molar-refractivity contribution >= 4 is 22.3 Å². The minimum Gasteiger partial charge on any atom is -0.421 e. The van der Waals surface area contributed by atoms with Crippen LogP contribution in [-0.4, -0.2) is 18.3 Å². The van der Waals surface area contributed by atoms with Crippen molar-refractivity contribution < 1.29 is 9.52 Å². The Morgan fingerprint density at radius 2 is 2.12 bits per heavy atom. The van der Waals surface area contributed by atoms with Gasteiger partial charge >= 0.3 is 5.63 Å². The molecule has 16 heavy (non-hydrogen) atoms. The summed E-state index contributed by atoms with van der Waals surface area (Å²) >= 11 is 0. The molecule has 0 atom stereocenters. The Bertz CT molecular complexity index is 563. The lowest BCUT2D eigenvalue weighted by molar-refractivity contribution is 0.311. The Morgan fingerprint density at radius 1 is 1.38 bits per heavy atom. The number of hydrogen-bond donors (Lipinski definition) is 3. The van der Waals surface area contributed by atoms with E-state index in [0.29, 0.717) is 17.8 Å². The molecule has 0 saturated heterocycles. The summed E-state index contributed by atoms with van der Waals surface area (Å²) in [4.78, 5) is 11.4. The van der Waals surface area contributed by atoms with Crippen LogP contribution in [0.1, 0.15) is 0 Å². The molecule has 0 amide bonds. The van der Waals surface area contributed by atoms with Gasteiger partial charge < -0.3 is 20.6 Å². The average molecular weight is 220 g/mol. The van der Waals surface area contributed by atoms with E-state index in [-0.39, 0.29) is 12.3 Å². The molecule has 1 heterocycles. The van der Waals surface area contributed by atoms with E-state index in [1.54, 1.807) is 18.2 Å². The van der Waals surface area contributed by atoms with Crippen LogP contribution in [0.5, 0.6) is 0 Å². The molecule has 0 radical (unpaired) electrons. The molecule has 0 fully saturated rings. The van der Waals surface area contributed by atoms with E-state index in [9.17, 15) is 4.79 Å². The van der Waals surface area contributed by atoms with Crippen LogP contribution in [0.2, 0.25) is 0 Å². The number of aliphatic hydroxyl groups is 1. The molecule has 0 bridgehead atoms. The number of anilines is 2. The molecule has 0 aliphatic carbocycles. The first-order valence-electron chi connectivity index (χ1n) is 4.90. The van der Waals surface area contributed by atoms with Gasteiger partial charge in [-0.2, -0.15) is 0 Å². The Morgan fingerprint density at radius 3 is 2.88 bits per heavy atom. The predicted octanol–water partition coefficient (Wildman–Crippen LogP) is 0.779. The SMILES string of the molecule is Nc1c(NCCO)c2ccccc2oc1=O. The molecule has 5 heteroatoms. The lowest BCUT2D eigenvalue weighted by atomic mass is 10.2. The minimum absolute atomic E-state index is 0.0337. The number of benzene rings is 1. The number of nitrogen functional groups attached to an aromatic ring is 1. The second kappa shape index (κ2) is 4.24. The number of para-hydroxylation sites is 1. The van der Waals surface area contributed by atoms with Crippen LogP contribution in [0.25, 0.3) is 11.0 Å². The van der Waals surface area contributed by atoms with Crippen molar-refractivity contribution in [2.24, 2.45) is 0 Å². The molecular weight excluding hydrogens is 208 g/mol. The molecule has 1 aromatic carbocycles. The highest BCUT2D eigenvalue weighted by Gasteiger charge is 2.10. The lowest BCUT2D eigenvalue weighted by Gasteiger charge is -2.09. The average Bonchev–Trinajstić information content (AvgIpc) is 2.30. The second-order valence-corrected chi connectivity index (χ2v) is 3.32. The van der Waals surface area contributed by atoms with Gasteiger partial charge in [-0.05, 0) is 12.1 Å². The second-order valence-electron chi connectivity index (χ2n) is 3.32. The fraction of sp³-hybridized carbons (Fsp3) is 0.182. The van der Waals surface area contributed by atoms with E-state index < -0.39 is 5.63 Å². The normalized spacial score (nSPS) is 10.6. The van der Waals surface area contributed by atoms with Crippen LogP contribution in [0, 0.1) is 0 Å². The number of fused-ring (bicyclic) bond motifs is 1. The highest BCUT2D eigenvalue weighted by molar-refractivity contribution is 5.95. The maximum Gasteiger partial charge on any atom is 0.361 e. The van der Waals surface area contributed by atoms with E-state index in [1.165, 1.54) is 0 Å². The highest BCUT2D eigenvalue weighted by Crippen LogP contribution is 2.25. The Labute approximate surface area is 91.5 Å². The van der Waals surface area contributed by atoms with Crippen molar-refractivity contribution in [1.29, 1.82) is 0 Å². The Hall–Kier alpha value is -2.01. The summed E-state index contributed by atoms with van der Waals surface area (Å²) in [5.74, 6) is 0. The third-order valence-electron chi connectivity index (χ3n) is 2.26. The zero-order valence-electron chi connectivity index (χ0n) is 8.56. The lowest BCUT2D eigenvalue weighted by Crippen LogP contribution is -2.14. The van der Waals surface area contributed by atoms with Crippen molar-refractivity contribution in [3.8, 4) is 0 Å². The molecule has 4 N–H and O–H groups in total. The van der Waals surface area contributed by atoms with Gasteiger partial charge in [-0.25, -0.2) is 4.79 Å². The largest absolute Gasteiger partial charge is 0.421 e. The third-order valence-corrected chi connectivity index (χ3v) is 2.26. The summed E-state index contributed by atoms with van der Waals surface area (Å²) in [6.07, 6.45) is 0. The fourth-order valence-electron chi connectivity index (χ4n) is 1.54. The van der Waals surface area contributed by atoms with Crippen molar-refractivity contribution in [2.45, 2.75) is 0 Å². The Kier molecular flexibility index (Phi) is 2.78. The topological polar surface area (TPSA) is 88.5 Å². The zero-order valence-corrected chi connectivity index (χ0v) is 8.56. The van der Waals surface area contributed by atoms with Crippen molar-refractivity contribution in [2.75, 3.05) is 24.2 Å². The maximum absolute atomic E-state index is 11.4. The van der Waals surface area contributed by atoms with Crippen LogP contribution >= 0.6 is 0 Å². The van der Waals surface area contributed by atoms with Gasteiger partial charge in [0.2, 0.25) is 0 Å². The number of nitrogens with two attached hydrogens (primary N) is 1. The molecule has 5 nitrogen and oxygen atoms in total. The fourth-order valence-corrected chi connectivity index (χ4v) is 1.54. The standard InChI is InChI=1S/C11H12N2O3/c12-9-10(13-5-6-14)7-3-1-2-4-8(7)16-11(9)15/h1-4,13-14H,5-6,12H2. The summed E-state index contributed by atoms with van der Waals surface area (Å²) in [6.45, 7) is 0.297. The first-order chi connectivity index (χ1) is 7.74. The third kappa shape index (κ3) is 1.72. The van der Waals surface area contributed by atoms with Crippen LogP contribution in [0.3, 0.4) is 0 Å². The van der Waals surface area contributed by atoms with Gasteiger partial charge in [0.25, 0.3) is 0 Å². The van der Waals surface area contributed by atoms with E-state index in [0.717, 1.165) is 5.39 Å². The molecule has 2 aromatic rings. The molecule has 84 valence electrons. The summed E-state index contributed by atoms with van der Waals surface area (Å²) in [5, 5.41) is 12.4. The molecular formula is C11H12N2O3. The molecule has 0 spiro atoms. The van der Waals surface area contributed by atoms with Gasteiger partial charge in [0.05, 0.1) is 12.3 Å². The van der Waals surface area contributed by atoms with Gasteiger partial charge in [0.1, 0.15) is 11.3 Å². The minimum atomic E-state index is -0.570. The van der Waals surface area contributed by atoms with Gasteiger partial charge in [0, 0.05) is 11.9 Å². The maximum atomic E-state index is 11.4. The van der Waals surface area contributed by atoms with Gasteiger partial charge in [-0.1, -0.05) is 12.1 Å². The number of rotatable bonds is 3. The molecule has 0 saturated carbocycles. The smallest absolute Gasteiger partial charge is 0.361 e. The highest BCUT2D eigenvalue weighted by atomic mass is 16.4. The Balaban J connectivity index is 2.66. The zero-order chi connectivity index (χ0) is 11.5. The van der Waals surface area contributed by atoms with Crippen LogP contribution in [0.4, 0.5) is 11.4 Å². The van der Waals surface area contributed by atoms with E-state index >= 15 is 0 Å². The van der Waals surface area contributed by atoms with Crippen molar-refractivity contribution in [3.63, 3.8) is 0 Å². The van der Waals surface area contributed by atoms with Crippen LogP contribution in [0.15, 0.2) is 33.5 Å². The van der Waals surface area contributed by atoms with Gasteiger partial charge in [-0.3, -0.25) is 0 Å². The molecule has 1 aromatic heterocycles. The summed E-state index contributed by atoms with van der Waals surface area (Å²) < 4.78 is 5.03.